The van der Waals surface area contributed by atoms with E-state index in [1.165, 1.54) is 33.9 Å². The van der Waals surface area contributed by atoms with Crippen LogP contribution in [0, 0.1) is 13.8 Å². The van der Waals surface area contributed by atoms with Crippen molar-refractivity contribution in [3.63, 3.8) is 0 Å². The Balaban J connectivity index is 1.79. The van der Waals surface area contributed by atoms with Crippen LogP contribution in [0.1, 0.15) is 17.0 Å². The van der Waals surface area contributed by atoms with Crippen molar-refractivity contribution in [2.45, 2.75) is 26.8 Å². The number of hydrogen-bond donors (Lipinski definition) is 1. The van der Waals surface area contributed by atoms with Gasteiger partial charge in [0.25, 0.3) is 0 Å². The summed E-state index contributed by atoms with van der Waals surface area (Å²) < 4.78 is 7.55. The minimum Gasteiger partial charge on any atom is -0.497 e. The van der Waals surface area contributed by atoms with Crippen molar-refractivity contribution < 1.29 is 4.74 Å². The monoisotopic (exact) mass is 327 g/mol. The summed E-state index contributed by atoms with van der Waals surface area (Å²) in [5.41, 5.74) is 11.7. The average Bonchev–Trinajstić information content (AvgIpc) is 3.10. The first-order chi connectivity index (χ1) is 11.1. The number of nitrogens with zero attached hydrogens (tertiary/aromatic N) is 2. The molecule has 2 heterocycles. The predicted octanol–water partition coefficient (Wildman–Crippen LogP) is 4.06. The van der Waals surface area contributed by atoms with E-state index >= 15 is 0 Å². The predicted molar refractivity (Wildman–Crippen MR) is 96.1 cm³/mol. The lowest BCUT2D eigenvalue weighted by molar-refractivity contribution is 0.414. The fourth-order valence-electron chi connectivity index (χ4n) is 2.85. The topological polar surface area (TPSA) is 53.1 Å². The fourth-order valence-corrected chi connectivity index (χ4v) is 3.41. The molecule has 0 aliphatic rings. The molecule has 0 atom stereocenters. The highest BCUT2D eigenvalue weighted by Gasteiger charge is 2.13. The summed E-state index contributed by atoms with van der Waals surface area (Å²) >= 11 is 1.48. The van der Waals surface area contributed by atoms with E-state index in [0.717, 1.165) is 24.4 Å². The van der Waals surface area contributed by atoms with E-state index in [1.54, 1.807) is 7.11 Å². The molecule has 3 aromatic rings. The van der Waals surface area contributed by atoms with Gasteiger partial charge in [0, 0.05) is 28.9 Å². The highest BCUT2D eigenvalue weighted by molar-refractivity contribution is 7.13. The molecule has 0 unspecified atom stereocenters. The number of nitrogens with two attached hydrogens (primary N) is 1. The van der Waals surface area contributed by atoms with Gasteiger partial charge in [-0.05, 0) is 44.0 Å². The molecule has 0 spiro atoms. The maximum absolute atomic E-state index is 5.76. The smallest absolute Gasteiger partial charge is 0.180 e. The number of aromatic nitrogens is 2. The van der Waals surface area contributed by atoms with Gasteiger partial charge in [0.2, 0.25) is 0 Å². The van der Waals surface area contributed by atoms with E-state index in [-0.39, 0.29) is 0 Å². The van der Waals surface area contributed by atoms with Gasteiger partial charge in [0.1, 0.15) is 5.75 Å². The van der Waals surface area contributed by atoms with Crippen LogP contribution >= 0.6 is 11.3 Å². The number of hydrogen-bond acceptors (Lipinski definition) is 4. The summed E-state index contributed by atoms with van der Waals surface area (Å²) in [6, 6.07) is 10.4. The summed E-state index contributed by atoms with van der Waals surface area (Å²) in [4.78, 5) is 4.40. The van der Waals surface area contributed by atoms with Gasteiger partial charge in [0.15, 0.2) is 5.13 Å². The zero-order valence-corrected chi connectivity index (χ0v) is 14.5. The van der Waals surface area contributed by atoms with Gasteiger partial charge in [-0.1, -0.05) is 12.1 Å². The first-order valence-electron chi connectivity index (χ1n) is 7.59. The quantitative estimate of drug-likeness (QED) is 0.769. The van der Waals surface area contributed by atoms with Crippen LogP contribution in [0.2, 0.25) is 0 Å². The second-order valence-corrected chi connectivity index (χ2v) is 6.50. The third-order valence-corrected chi connectivity index (χ3v) is 4.83. The Kier molecular flexibility index (Phi) is 4.39. The standard InChI is InChI=1S/C18H21N3OS/c1-12-10-16(17-11-23-18(19)20-17)13(2)21(12)9-8-14-4-6-15(22-3)7-5-14/h4-7,10-11H,8-9H2,1-3H3,(H2,19,20). The molecule has 5 heteroatoms. The maximum atomic E-state index is 5.76. The zero-order chi connectivity index (χ0) is 16.4. The van der Waals surface area contributed by atoms with Gasteiger partial charge in [-0.25, -0.2) is 4.98 Å². The Bertz CT molecular complexity index is 802. The molecule has 120 valence electrons. The molecular formula is C18H21N3OS. The number of methoxy groups -OCH3 is 1. The van der Waals surface area contributed by atoms with E-state index in [9.17, 15) is 0 Å². The van der Waals surface area contributed by atoms with E-state index in [1.807, 2.05) is 17.5 Å². The molecule has 0 aliphatic carbocycles. The van der Waals surface area contributed by atoms with E-state index in [4.69, 9.17) is 10.5 Å². The van der Waals surface area contributed by atoms with Gasteiger partial charge in [-0.15, -0.1) is 11.3 Å². The molecule has 2 aromatic heterocycles. The highest BCUT2D eigenvalue weighted by atomic mass is 32.1. The van der Waals surface area contributed by atoms with Crippen LogP contribution in [0.3, 0.4) is 0 Å². The van der Waals surface area contributed by atoms with Crippen molar-refractivity contribution in [3.05, 3.63) is 52.7 Å². The van der Waals surface area contributed by atoms with E-state index in [2.05, 4.69) is 41.6 Å². The summed E-state index contributed by atoms with van der Waals surface area (Å²) in [5, 5.41) is 2.63. The van der Waals surface area contributed by atoms with Gasteiger partial charge in [-0.3, -0.25) is 0 Å². The van der Waals surface area contributed by atoms with Gasteiger partial charge in [-0.2, -0.15) is 0 Å². The molecule has 2 N–H and O–H groups in total. The number of benzene rings is 1. The lowest BCUT2D eigenvalue weighted by Crippen LogP contribution is -2.05. The van der Waals surface area contributed by atoms with Crippen molar-refractivity contribution in [2.24, 2.45) is 0 Å². The molecule has 0 amide bonds. The summed E-state index contributed by atoms with van der Waals surface area (Å²) in [5.74, 6) is 0.894. The molecule has 0 saturated carbocycles. The van der Waals surface area contributed by atoms with Crippen LogP contribution < -0.4 is 10.5 Å². The van der Waals surface area contributed by atoms with Gasteiger partial charge < -0.3 is 15.0 Å². The normalized spacial score (nSPS) is 10.9. The van der Waals surface area contributed by atoms with Crippen LogP contribution in [0.5, 0.6) is 5.75 Å². The Morgan fingerprint density at radius 1 is 1.22 bits per heavy atom. The van der Waals surface area contributed by atoms with Crippen molar-refractivity contribution >= 4 is 16.5 Å². The molecular weight excluding hydrogens is 306 g/mol. The van der Waals surface area contributed by atoms with Crippen molar-refractivity contribution in [3.8, 4) is 17.0 Å². The Morgan fingerprint density at radius 3 is 2.57 bits per heavy atom. The largest absolute Gasteiger partial charge is 0.497 e. The lowest BCUT2D eigenvalue weighted by atomic mass is 10.1. The molecule has 4 nitrogen and oxygen atoms in total. The van der Waals surface area contributed by atoms with Crippen LogP contribution in [0.4, 0.5) is 5.13 Å². The molecule has 23 heavy (non-hydrogen) atoms. The Morgan fingerprint density at radius 2 is 1.96 bits per heavy atom. The summed E-state index contributed by atoms with van der Waals surface area (Å²) in [6.45, 7) is 5.23. The van der Waals surface area contributed by atoms with Crippen molar-refractivity contribution in [1.29, 1.82) is 0 Å². The number of thiazole rings is 1. The molecule has 0 saturated heterocycles. The average molecular weight is 327 g/mol. The number of nitrogen functional groups attached to an aromatic ring is 1. The summed E-state index contributed by atoms with van der Waals surface area (Å²) in [6.07, 6.45) is 0.985. The highest BCUT2D eigenvalue weighted by Crippen LogP contribution is 2.29. The zero-order valence-electron chi connectivity index (χ0n) is 13.7. The molecule has 0 bridgehead atoms. The number of anilines is 1. The minimum absolute atomic E-state index is 0.614. The number of ether oxygens (including phenoxy) is 1. The second-order valence-electron chi connectivity index (χ2n) is 5.61. The third-order valence-electron chi connectivity index (χ3n) is 4.15. The van der Waals surface area contributed by atoms with Gasteiger partial charge in [0.05, 0.1) is 12.8 Å². The van der Waals surface area contributed by atoms with Crippen LogP contribution in [0.25, 0.3) is 11.3 Å². The number of aryl methyl sites for hydroxylation is 2. The van der Waals surface area contributed by atoms with E-state index in [0.29, 0.717) is 5.13 Å². The molecule has 1 aromatic carbocycles. The van der Waals surface area contributed by atoms with E-state index < -0.39 is 0 Å². The molecule has 0 fully saturated rings. The first kappa shape index (κ1) is 15.6. The molecule has 3 rings (SSSR count). The van der Waals surface area contributed by atoms with Crippen LogP contribution in [0.15, 0.2) is 35.7 Å². The number of rotatable bonds is 5. The molecule has 0 aliphatic heterocycles. The minimum atomic E-state index is 0.614. The molecule has 0 radical (unpaired) electrons. The van der Waals surface area contributed by atoms with Crippen molar-refractivity contribution in [1.82, 2.24) is 9.55 Å². The van der Waals surface area contributed by atoms with Crippen molar-refractivity contribution in [2.75, 3.05) is 12.8 Å². The lowest BCUT2D eigenvalue weighted by Gasteiger charge is -2.10. The second kappa shape index (κ2) is 6.46. The Labute approximate surface area is 140 Å². The Hall–Kier alpha value is -2.27. The fraction of sp³-hybridized carbons (Fsp3) is 0.278. The third kappa shape index (κ3) is 3.24. The first-order valence-corrected chi connectivity index (χ1v) is 8.47. The maximum Gasteiger partial charge on any atom is 0.180 e. The SMILES string of the molecule is COc1ccc(CCn2c(C)cc(-c3csc(N)n3)c2C)cc1. The summed E-state index contributed by atoms with van der Waals surface area (Å²) in [7, 11) is 1.69. The van der Waals surface area contributed by atoms with Gasteiger partial charge >= 0.3 is 0 Å². The van der Waals surface area contributed by atoms with Crippen LogP contribution in [-0.2, 0) is 13.0 Å². The van der Waals surface area contributed by atoms with Crippen LogP contribution in [-0.4, -0.2) is 16.7 Å².